The molecule has 1 saturated heterocycles. The summed E-state index contributed by atoms with van der Waals surface area (Å²) in [5.74, 6) is -3.22. The highest BCUT2D eigenvalue weighted by molar-refractivity contribution is 5.83. The summed E-state index contributed by atoms with van der Waals surface area (Å²) in [5, 5.41) is 2.78. The lowest BCUT2D eigenvalue weighted by atomic mass is 9.60. The van der Waals surface area contributed by atoms with Crippen LogP contribution in [0.2, 0.25) is 0 Å². The van der Waals surface area contributed by atoms with Crippen LogP contribution in [0, 0.1) is 5.41 Å². The molecule has 1 aliphatic heterocycles. The van der Waals surface area contributed by atoms with Gasteiger partial charge in [-0.2, -0.15) is 0 Å². The third-order valence-electron chi connectivity index (χ3n) is 4.15. The highest BCUT2D eigenvalue weighted by Gasteiger charge is 2.87. The number of carbonyl (C=O) groups is 1. The average molecular weight is 203 g/mol. The minimum absolute atomic E-state index is 0.343. The molecule has 3 rings (SSSR count). The second kappa shape index (κ2) is 1.96. The van der Waals surface area contributed by atoms with Gasteiger partial charge in [0.25, 0.3) is 5.92 Å². The van der Waals surface area contributed by atoms with Crippen molar-refractivity contribution in [2.45, 2.75) is 36.8 Å². The number of hydrogen-bond acceptors (Lipinski definition) is 3. The molecule has 5 heteroatoms. The van der Waals surface area contributed by atoms with Crippen LogP contribution >= 0.6 is 0 Å². The van der Waals surface area contributed by atoms with Gasteiger partial charge in [-0.3, -0.25) is 10.1 Å². The number of ether oxygens (including phenoxy) is 1. The lowest BCUT2D eigenvalue weighted by Gasteiger charge is -2.44. The average Bonchev–Trinajstić information content (AvgIpc) is 2.85. The SMILES string of the molecule is COC(=O)C12CCC13NC3C(F)(F)C2. The van der Waals surface area contributed by atoms with E-state index in [0.29, 0.717) is 12.8 Å². The molecule has 1 spiro atoms. The van der Waals surface area contributed by atoms with Gasteiger partial charge in [0.15, 0.2) is 0 Å². The van der Waals surface area contributed by atoms with E-state index in [0.717, 1.165) is 0 Å². The molecule has 0 radical (unpaired) electrons. The number of carbonyl (C=O) groups excluding carboxylic acids is 1. The zero-order chi connectivity index (χ0) is 10.2. The van der Waals surface area contributed by atoms with Crippen LogP contribution in [0.4, 0.5) is 8.78 Å². The van der Waals surface area contributed by atoms with Gasteiger partial charge in [-0.1, -0.05) is 0 Å². The van der Waals surface area contributed by atoms with Gasteiger partial charge >= 0.3 is 5.97 Å². The van der Waals surface area contributed by atoms with Gasteiger partial charge in [-0.25, -0.2) is 8.78 Å². The van der Waals surface area contributed by atoms with E-state index in [2.05, 4.69) is 10.1 Å². The zero-order valence-electron chi connectivity index (χ0n) is 7.77. The molecule has 0 amide bonds. The summed E-state index contributed by atoms with van der Waals surface area (Å²) in [6, 6.07) is -0.789. The molecule has 1 N–H and O–H groups in total. The van der Waals surface area contributed by atoms with Gasteiger partial charge < -0.3 is 4.74 Å². The fraction of sp³-hybridized carbons (Fsp3) is 0.889. The molecule has 0 aromatic heterocycles. The molecule has 3 fully saturated rings. The highest BCUT2D eigenvalue weighted by atomic mass is 19.3. The maximum atomic E-state index is 13.4. The van der Waals surface area contributed by atoms with Crippen LogP contribution in [-0.2, 0) is 9.53 Å². The minimum Gasteiger partial charge on any atom is -0.469 e. The second-order valence-corrected chi connectivity index (χ2v) is 4.56. The number of halogens is 2. The van der Waals surface area contributed by atoms with Crippen molar-refractivity contribution in [3.63, 3.8) is 0 Å². The summed E-state index contributed by atoms with van der Waals surface area (Å²) < 4.78 is 31.4. The number of rotatable bonds is 1. The minimum atomic E-state index is -2.75. The summed E-state index contributed by atoms with van der Waals surface area (Å²) in [4.78, 5) is 11.5. The van der Waals surface area contributed by atoms with Crippen molar-refractivity contribution < 1.29 is 18.3 Å². The molecule has 0 aromatic carbocycles. The van der Waals surface area contributed by atoms with Crippen LogP contribution in [-0.4, -0.2) is 30.6 Å². The van der Waals surface area contributed by atoms with E-state index in [-0.39, 0.29) is 6.42 Å². The first kappa shape index (κ1) is 8.59. The third-order valence-corrected chi connectivity index (χ3v) is 4.15. The summed E-state index contributed by atoms with van der Waals surface area (Å²) in [6.07, 6.45) is 0.853. The fourth-order valence-corrected chi connectivity index (χ4v) is 3.31. The van der Waals surface area contributed by atoms with Gasteiger partial charge in [-0.15, -0.1) is 0 Å². The van der Waals surface area contributed by atoms with Crippen LogP contribution < -0.4 is 5.32 Å². The Morgan fingerprint density at radius 1 is 1.50 bits per heavy atom. The Hall–Kier alpha value is -0.710. The first-order valence-corrected chi connectivity index (χ1v) is 4.72. The number of nitrogens with one attached hydrogen (secondary N) is 1. The van der Waals surface area contributed by atoms with E-state index in [1.54, 1.807) is 0 Å². The molecular weight excluding hydrogens is 192 g/mol. The molecule has 3 atom stereocenters. The Labute approximate surface area is 79.8 Å². The number of piperidine rings is 1. The predicted molar refractivity (Wildman–Crippen MR) is 42.9 cm³/mol. The van der Waals surface area contributed by atoms with Crippen molar-refractivity contribution in [2.24, 2.45) is 5.41 Å². The molecule has 14 heavy (non-hydrogen) atoms. The van der Waals surface area contributed by atoms with Crippen molar-refractivity contribution in [3.05, 3.63) is 0 Å². The monoisotopic (exact) mass is 203 g/mol. The zero-order valence-corrected chi connectivity index (χ0v) is 7.77. The van der Waals surface area contributed by atoms with E-state index in [1.165, 1.54) is 7.11 Å². The predicted octanol–water partition coefficient (Wildman–Crippen LogP) is 0.689. The van der Waals surface area contributed by atoms with Crippen LogP contribution in [0.5, 0.6) is 0 Å². The number of methoxy groups -OCH3 is 1. The molecule has 78 valence electrons. The number of alkyl halides is 2. The topological polar surface area (TPSA) is 48.2 Å². The third kappa shape index (κ3) is 0.609. The number of esters is 1. The van der Waals surface area contributed by atoms with E-state index in [9.17, 15) is 13.6 Å². The van der Waals surface area contributed by atoms with E-state index in [4.69, 9.17) is 0 Å². The molecule has 2 aliphatic carbocycles. The van der Waals surface area contributed by atoms with Crippen LogP contribution in [0.1, 0.15) is 19.3 Å². The van der Waals surface area contributed by atoms with Gasteiger partial charge in [0.2, 0.25) is 0 Å². The van der Waals surface area contributed by atoms with Crippen molar-refractivity contribution in [1.82, 2.24) is 5.32 Å². The Morgan fingerprint density at radius 2 is 2.21 bits per heavy atom. The summed E-state index contributed by atoms with van der Waals surface area (Å²) in [5.41, 5.74) is -1.56. The van der Waals surface area contributed by atoms with Crippen LogP contribution in [0.25, 0.3) is 0 Å². The lowest BCUT2D eigenvalue weighted by Crippen LogP contribution is -2.54. The van der Waals surface area contributed by atoms with Gasteiger partial charge in [0.05, 0.1) is 24.1 Å². The number of hydrogen-bond donors (Lipinski definition) is 1. The Morgan fingerprint density at radius 3 is 2.57 bits per heavy atom. The largest absolute Gasteiger partial charge is 0.469 e. The standard InChI is InChI=1S/C9H11F2NO2/c1-14-6(13)7-2-3-8(7)5(12-8)9(10,11)4-7/h5,12H,2-4H2,1H3. The smallest absolute Gasteiger partial charge is 0.313 e. The summed E-state index contributed by atoms with van der Waals surface area (Å²) in [6.45, 7) is 0. The first-order chi connectivity index (χ1) is 6.48. The molecule has 0 bridgehead atoms. The fourth-order valence-electron chi connectivity index (χ4n) is 3.31. The van der Waals surface area contributed by atoms with Crippen LogP contribution in [0.3, 0.4) is 0 Å². The molecular formula is C9H11F2NO2. The quantitative estimate of drug-likeness (QED) is 0.504. The van der Waals surface area contributed by atoms with E-state index < -0.39 is 28.9 Å². The van der Waals surface area contributed by atoms with E-state index in [1.807, 2.05) is 0 Å². The summed E-state index contributed by atoms with van der Waals surface area (Å²) in [7, 11) is 1.26. The molecule has 3 unspecified atom stereocenters. The normalized spacial score (nSPS) is 51.5. The molecule has 1 heterocycles. The Bertz CT molecular complexity index is 333. The van der Waals surface area contributed by atoms with Gasteiger partial charge in [-0.05, 0) is 12.8 Å². The van der Waals surface area contributed by atoms with Crippen molar-refractivity contribution in [1.29, 1.82) is 0 Å². The van der Waals surface area contributed by atoms with E-state index >= 15 is 0 Å². The maximum Gasteiger partial charge on any atom is 0.313 e. The molecule has 2 saturated carbocycles. The maximum absolute atomic E-state index is 13.4. The Kier molecular flexibility index (Phi) is 1.20. The highest BCUT2D eigenvalue weighted by Crippen LogP contribution is 2.72. The van der Waals surface area contributed by atoms with Crippen molar-refractivity contribution in [3.8, 4) is 0 Å². The summed E-state index contributed by atoms with van der Waals surface area (Å²) >= 11 is 0. The van der Waals surface area contributed by atoms with Gasteiger partial charge in [0.1, 0.15) is 0 Å². The second-order valence-electron chi connectivity index (χ2n) is 4.56. The molecule has 3 aliphatic rings. The lowest BCUT2D eigenvalue weighted by molar-refractivity contribution is -0.164. The first-order valence-electron chi connectivity index (χ1n) is 4.72. The van der Waals surface area contributed by atoms with Crippen molar-refractivity contribution >= 4 is 5.97 Å². The Balaban J connectivity index is 2.00. The molecule has 3 nitrogen and oxygen atoms in total. The van der Waals surface area contributed by atoms with Crippen molar-refractivity contribution in [2.75, 3.05) is 7.11 Å². The van der Waals surface area contributed by atoms with Gasteiger partial charge in [0, 0.05) is 6.42 Å². The van der Waals surface area contributed by atoms with Crippen LogP contribution in [0.15, 0.2) is 0 Å². The molecule has 0 aromatic rings.